The summed E-state index contributed by atoms with van der Waals surface area (Å²) in [5.41, 5.74) is 2.44. The van der Waals surface area contributed by atoms with E-state index in [0.717, 1.165) is 15.6 Å². The van der Waals surface area contributed by atoms with Gasteiger partial charge in [-0.3, -0.25) is 4.79 Å². The zero-order valence-corrected chi connectivity index (χ0v) is 17.7. The fourth-order valence-corrected chi connectivity index (χ4v) is 3.43. The molecule has 0 atom stereocenters. The number of hydrogen-bond donors (Lipinski definition) is 1. The fraction of sp³-hybridized carbons (Fsp3) is 0.238. The summed E-state index contributed by atoms with van der Waals surface area (Å²) in [7, 11) is 1.58. The van der Waals surface area contributed by atoms with Crippen LogP contribution in [0.4, 0.5) is 5.69 Å². The van der Waals surface area contributed by atoms with Crippen molar-refractivity contribution in [2.24, 2.45) is 0 Å². The highest BCUT2D eigenvalue weighted by molar-refractivity contribution is 14.1. The van der Waals surface area contributed by atoms with Crippen molar-refractivity contribution in [3.05, 3.63) is 56.7 Å². The number of anilines is 1. The molecule has 0 aliphatic heterocycles. The summed E-state index contributed by atoms with van der Waals surface area (Å²) in [6.45, 7) is 4.38. The lowest BCUT2D eigenvalue weighted by Gasteiger charge is -2.12. The molecule has 1 N–H and O–H groups in total. The van der Waals surface area contributed by atoms with E-state index >= 15 is 0 Å². The molecular formula is C21H21IN2O3. The van der Waals surface area contributed by atoms with Crippen molar-refractivity contribution in [2.45, 2.75) is 20.3 Å². The molecular weight excluding hydrogens is 455 g/mol. The minimum Gasteiger partial charge on any atom is -0.492 e. The summed E-state index contributed by atoms with van der Waals surface area (Å²) in [5.74, 6) is 0.767. The van der Waals surface area contributed by atoms with Crippen molar-refractivity contribution in [1.82, 2.24) is 0 Å². The van der Waals surface area contributed by atoms with Crippen molar-refractivity contribution >= 4 is 40.3 Å². The highest BCUT2D eigenvalue weighted by Crippen LogP contribution is 2.34. The third kappa shape index (κ3) is 5.23. The highest BCUT2D eigenvalue weighted by Gasteiger charge is 2.14. The number of ether oxygens (including phenoxy) is 2. The van der Waals surface area contributed by atoms with Gasteiger partial charge in [-0.15, -0.1) is 0 Å². The number of aryl methyl sites for hydroxylation is 1. The fourth-order valence-electron chi connectivity index (χ4n) is 2.59. The summed E-state index contributed by atoms with van der Waals surface area (Å²) in [6, 6.07) is 13.1. The van der Waals surface area contributed by atoms with Crippen LogP contribution in [0.15, 0.2) is 42.0 Å². The molecule has 27 heavy (non-hydrogen) atoms. The molecule has 2 aromatic carbocycles. The van der Waals surface area contributed by atoms with E-state index in [1.165, 1.54) is 0 Å². The third-order valence-corrected chi connectivity index (χ3v) is 4.66. The molecule has 6 heteroatoms. The number of halogens is 1. The molecule has 0 spiro atoms. The number of nitriles is 1. The Morgan fingerprint density at radius 3 is 2.67 bits per heavy atom. The van der Waals surface area contributed by atoms with Gasteiger partial charge in [-0.25, -0.2) is 0 Å². The van der Waals surface area contributed by atoms with Gasteiger partial charge in [0.15, 0.2) is 11.5 Å². The lowest BCUT2D eigenvalue weighted by molar-refractivity contribution is -0.112. The first kappa shape index (κ1) is 20.8. The number of carbonyl (C=O) groups is 1. The number of rotatable bonds is 7. The molecule has 2 aromatic rings. The number of nitrogens with zero attached hydrogens (tertiary/aromatic N) is 1. The second kappa shape index (κ2) is 9.97. The monoisotopic (exact) mass is 476 g/mol. The normalized spacial score (nSPS) is 10.9. The number of benzene rings is 2. The quantitative estimate of drug-likeness (QED) is 0.354. The average Bonchev–Trinajstić information content (AvgIpc) is 2.66. The van der Waals surface area contributed by atoms with Gasteiger partial charge in [0.1, 0.15) is 11.6 Å². The van der Waals surface area contributed by atoms with Crippen LogP contribution >= 0.6 is 22.6 Å². The van der Waals surface area contributed by atoms with Crippen molar-refractivity contribution in [2.75, 3.05) is 19.0 Å². The van der Waals surface area contributed by atoms with Gasteiger partial charge in [0.05, 0.1) is 17.3 Å². The zero-order chi connectivity index (χ0) is 19.8. The van der Waals surface area contributed by atoms with E-state index in [4.69, 9.17) is 9.47 Å². The van der Waals surface area contributed by atoms with Crippen molar-refractivity contribution in [3.63, 3.8) is 0 Å². The van der Waals surface area contributed by atoms with E-state index in [1.54, 1.807) is 19.3 Å². The van der Waals surface area contributed by atoms with Crippen molar-refractivity contribution < 1.29 is 14.3 Å². The molecule has 0 aromatic heterocycles. The van der Waals surface area contributed by atoms with Gasteiger partial charge in [0, 0.05) is 5.69 Å². The first-order valence-corrected chi connectivity index (χ1v) is 9.63. The van der Waals surface area contributed by atoms with Gasteiger partial charge in [0.25, 0.3) is 5.91 Å². The smallest absolute Gasteiger partial charge is 0.266 e. The van der Waals surface area contributed by atoms with E-state index in [9.17, 15) is 10.1 Å². The van der Waals surface area contributed by atoms with Crippen LogP contribution in [0.1, 0.15) is 25.0 Å². The Morgan fingerprint density at radius 1 is 1.30 bits per heavy atom. The van der Waals surface area contributed by atoms with E-state index < -0.39 is 5.91 Å². The van der Waals surface area contributed by atoms with E-state index in [1.807, 2.05) is 50.2 Å². The Bertz CT molecular complexity index is 901. The molecule has 0 heterocycles. The molecule has 0 fully saturated rings. The molecule has 140 valence electrons. The van der Waals surface area contributed by atoms with Crippen LogP contribution in [-0.2, 0) is 11.2 Å². The average molecular weight is 476 g/mol. The second-order valence-corrected chi connectivity index (χ2v) is 6.76. The first-order valence-electron chi connectivity index (χ1n) is 8.55. The molecule has 0 aliphatic carbocycles. The SMILES string of the molecule is CCOc1cc(/C=C(\C#N)C(=O)Nc2ccccc2CC)cc(I)c1OC. The summed E-state index contributed by atoms with van der Waals surface area (Å²) in [5, 5.41) is 12.3. The van der Waals surface area contributed by atoms with Gasteiger partial charge in [0.2, 0.25) is 0 Å². The number of para-hydroxylation sites is 1. The maximum absolute atomic E-state index is 12.6. The number of carbonyl (C=O) groups excluding carboxylic acids is 1. The van der Waals surface area contributed by atoms with Crippen LogP contribution in [0.5, 0.6) is 11.5 Å². The van der Waals surface area contributed by atoms with Crippen LogP contribution in [0.25, 0.3) is 6.08 Å². The molecule has 0 saturated carbocycles. The number of hydrogen-bond acceptors (Lipinski definition) is 4. The lowest BCUT2D eigenvalue weighted by atomic mass is 10.1. The van der Waals surface area contributed by atoms with E-state index in [0.29, 0.717) is 29.4 Å². The molecule has 5 nitrogen and oxygen atoms in total. The van der Waals surface area contributed by atoms with E-state index in [-0.39, 0.29) is 5.57 Å². The van der Waals surface area contributed by atoms with Gasteiger partial charge in [-0.1, -0.05) is 25.1 Å². The van der Waals surface area contributed by atoms with Crippen molar-refractivity contribution in [3.8, 4) is 17.6 Å². The van der Waals surface area contributed by atoms with Gasteiger partial charge in [-0.2, -0.15) is 5.26 Å². The molecule has 0 unspecified atom stereocenters. The summed E-state index contributed by atoms with van der Waals surface area (Å²) >= 11 is 2.14. The maximum Gasteiger partial charge on any atom is 0.266 e. The maximum atomic E-state index is 12.6. The molecule has 0 saturated heterocycles. The van der Waals surface area contributed by atoms with Gasteiger partial charge < -0.3 is 14.8 Å². The summed E-state index contributed by atoms with van der Waals surface area (Å²) < 4.78 is 11.8. The predicted molar refractivity (Wildman–Crippen MR) is 115 cm³/mol. The Hall–Kier alpha value is -2.53. The third-order valence-electron chi connectivity index (χ3n) is 3.86. The molecule has 1 amide bonds. The minimum atomic E-state index is -0.442. The number of methoxy groups -OCH3 is 1. The predicted octanol–water partition coefficient (Wildman–Crippen LogP) is 4.81. The highest BCUT2D eigenvalue weighted by atomic mass is 127. The largest absolute Gasteiger partial charge is 0.492 e. The lowest BCUT2D eigenvalue weighted by Crippen LogP contribution is -2.14. The number of nitrogens with one attached hydrogen (secondary N) is 1. The van der Waals surface area contributed by atoms with Crippen molar-refractivity contribution in [1.29, 1.82) is 5.26 Å². The van der Waals surface area contributed by atoms with Crippen LogP contribution in [-0.4, -0.2) is 19.6 Å². The van der Waals surface area contributed by atoms with E-state index in [2.05, 4.69) is 27.9 Å². The first-order chi connectivity index (χ1) is 13.0. The second-order valence-electron chi connectivity index (χ2n) is 5.60. The van der Waals surface area contributed by atoms with Crippen LogP contribution in [0, 0.1) is 14.9 Å². The number of amides is 1. The molecule has 0 radical (unpaired) electrons. The molecule has 0 bridgehead atoms. The minimum absolute atomic E-state index is 0.0179. The van der Waals surface area contributed by atoms with Gasteiger partial charge >= 0.3 is 0 Å². The topological polar surface area (TPSA) is 71.3 Å². The Morgan fingerprint density at radius 2 is 2.04 bits per heavy atom. The summed E-state index contributed by atoms with van der Waals surface area (Å²) in [4.78, 5) is 12.6. The summed E-state index contributed by atoms with van der Waals surface area (Å²) in [6.07, 6.45) is 2.34. The Kier molecular flexibility index (Phi) is 7.67. The van der Waals surface area contributed by atoms with Crippen LogP contribution in [0.2, 0.25) is 0 Å². The zero-order valence-electron chi connectivity index (χ0n) is 15.5. The van der Waals surface area contributed by atoms with Crippen LogP contribution < -0.4 is 14.8 Å². The Balaban J connectivity index is 2.35. The molecule has 0 aliphatic rings. The standard InChI is InChI=1S/C21H21IN2O3/c1-4-15-8-6-7-9-18(15)24-21(25)16(13-23)10-14-11-17(22)20(26-3)19(12-14)27-5-2/h6-12H,4-5H2,1-3H3,(H,24,25)/b16-10+. The van der Waals surface area contributed by atoms with Gasteiger partial charge in [-0.05, 0) is 71.3 Å². The Labute approximate surface area is 173 Å². The van der Waals surface area contributed by atoms with Crippen LogP contribution in [0.3, 0.4) is 0 Å². The molecule has 2 rings (SSSR count).